The summed E-state index contributed by atoms with van der Waals surface area (Å²) in [6.45, 7) is 2.09. The third kappa shape index (κ3) is 3.10. The van der Waals surface area contributed by atoms with Gasteiger partial charge in [0.05, 0.1) is 5.56 Å². The monoisotopic (exact) mass is 292 g/mol. The number of nitrogens with two attached hydrogens (primary N) is 1. The Morgan fingerprint density at radius 2 is 2.25 bits per heavy atom. The Hall–Kier alpha value is -1.20. The van der Waals surface area contributed by atoms with Crippen molar-refractivity contribution in [2.45, 2.75) is 23.8 Å². The first kappa shape index (κ1) is 15.2. The second kappa shape index (κ2) is 6.50. The molecule has 1 aliphatic rings. The molecule has 1 aromatic rings. The molecule has 0 spiro atoms. The predicted molar refractivity (Wildman–Crippen MR) is 88.2 cm³/mol. The Morgan fingerprint density at radius 1 is 1.50 bits per heavy atom. The Kier molecular flexibility index (Phi) is 4.94. The zero-order valence-electron chi connectivity index (χ0n) is 12.5. The van der Waals surface area contributed by atoms with Crippen LogP contribution < -0.4 is 10.6 Å². The molecule has 0 aromatic heterocycles. The van der Waals surface area contributed by atoms with Gasteiger partial charge in [-0.25, -0.2) is 0 Å². The third-order valence-corrected chi connectivity index (χ3v) is 4.54. The summed E-state index contributed by atoms with van der Waals surface area (Å²) in [5.74, 6) is 0.167. The van der Waals surface area contributed by atoms with Gasteiger partial charge in [-0.3, -0.25) is 5.41 Å². The molecule has 4 nitrogen and oxygen atoms in total. The Bertz CT molecular complexity index is 487. The molecule has 1 aromatic carbocycles. The standard InChI is InChI=1S/C15H24N4S/c1-18(2)10-11-6-5-9-19(11)12-7-4-8-13(20-3)14(12)15(16)17/h4,7-8,11H,5-6,9-10H2,1-3H3,(H3,16,17). The average molecular weight is 292 g/mol. The summed E-state index contributed by atoms with van der Waals surface area (Å²) >= 11 is 1.65. The molecule has 1 unspecified atom stereocenters. The van der Waals surface area contributed by atoms with E-state index < -0.39 is 0 Å². The molecule has 0 aliphatic carbocycles. The number of hydrogen-bond donors (Lipinski definition) is 2. The first-order valence-electron chi connectivity index (χ1n) is 6.97. The van der Waals surface area contributed by atoms with Gasteiger partial charge in [0.15, 0.2) is 0 Å². The summed E-state index contributed by atoms with van der Waals surface area (Å²) < 4.78 is 0. The van der Waals surface area contributed by atoms with Crippen LogP contribution in [0.15, 0.2) is 23.1 Å². The number of likely N-dealkylation sites (N-methyl/N-ethyl adjacent to an activating group) is 1. The normalized spacial score (nSPS) is 18.8. The van der Waals surface area contributed by atoms with Crippen molar-refractivity contribution >= 4 is 23.3 Å². The summed E-state index contributed by atoms with van der Waals surface area (Å²) in [5.41, 5.74) is 7.85. The molecule has 1 saturated heterocycles. The van der Waals surface area contributed by atoms with E-state index in [9.17, 15) is 0 Å². The van der Waals surface area contributed by atoms with Crippen LogP contribution in [-0.2, 0) is 0 Å². The summed E-state index contributed by atoms with van der Waals surface area (Å²) in [5, 5.41) is 7.92. The smallest absolute Gasteiger partial charge is 0.126 e. The van der Waals surface area contributed by atoms with Gasteiger partial charge >= 0.3 is 0 Å². The van der Waals surface area contributed by atoms with Crippen LogP contribution in [0.5, 0.6) is 0 Å². The highest BCUT2D eigenvalue weighted by molar-refractivity contribution is 7.98. The molecule has 0 saturated carbocycles. The highest BCUT2D eigenvalue weighted by atomic mass is 32.2. The first-order valence-corrected chi connectivity index (χ1v) is 8.19. The number of rotatable bonds is 5. The molecule has 2 rings (SSSR count). The van der Waals surface area contributed by atoms with Crippen LogP contribution in [0.25, 0.3) is 0 Å². The van der Waals surface area contributed by atoms with Crippen molar-refractivity contribution in [3.05, 3.63) is 23.8 Å². The van der Waals surface area contributed by atoms with Crippen LogP contribution in [0.3, 0.4) is 0 Å². The molecule has 20 heavy (non-hydrogen) atoms. The number of thioether (sulfide) groups is 1. The third-order valence-electron chi connectivity index (χ3n) is 3.76. The van der Waals surface area contributed by atoms with Crippen LogP contribution in [0.1, 0.15) is 18.4 Å². The number of nitrogen functional groups attached to an aromatic ring is 1. The fourth-order valence-electron chi connectivity index (χ4n) is 2.96. The average Bonchev–Trinajstić information content (AvgIpc) is 2.84. The van der Waals surface area contributed by atoms with E-state index in [2.05, 4.69) is 36.0 Å². The topological polar surface area (TPSA) is 56.4 Å². The summed E-state index contributed by atoms with van der Waals surface area (Å²) in [6.07, 6.45) is 4.45. The predicted octanol–water partition coefficient (Wildman–Crippen LogP) is 2.22. The van der Waals surface area contributed by atoms with Gasteiger partial charge in [-0.05, 0) is 45.3 Å². The van der Waals surface area contributed by atoms with E-state index in [1.165, 1.54) is 12.8 Å². The summed E-state index contributed by atoms with van der Waals surface area (Å²) in [7, 11) is 4.22. The zero-order valence-corrected chi connectivity index (χ0v) is 13.3. The second-order valence-electron chi connectivity index (χ2n) is 5.52. The molecule has 1 atom stereocenters. The fraction of sp³-hybridized carbons (Fsp3) is 0.533. The maximum Gasteiger partial charge on any atom is 0.126 e. The summed E-state index contributed by atoms with van der Waals surface area (Å²) in [6, 6.07) is 6.73. The van der Waals surface area contributed by atoms with Gasteiger partial charge in [-0.2, -0.15) is 0 Å². The van der Waals surface area contributed by atoms with Gasteiger partial charge in [-0.1, -0.05) is 6.07 Å². The number of anilines is 1. The van der Waals surface area contributed by atoms with E-state index in [0.717, 1.165) is 29.2 Å². The van der Waals surface area contributed by atoms with Crippen LogP contribution in [-0.4, -0.2) is 50.2 Å². The molecule has 1 fully saturated rings. The minimum atomic E-state index is 0.167. The molecule has 0 bridgehead atoms. The maximum absolute atomic E-state index is 7.92. The van der Waals surface area contributed by atoms with E-state index in [1.807, 2.05) is 12.3 Å². The van der Waals surface area contributed by atoms with E-state index in [1.54, 1.807) is 11.8 Å². The van der Waals surface area contributed by atoms with Crippen molar-refractivity contribution in [3.8, 4) is 0 Å². The Balaban J connectivity index is 2.38. The van der Waals surface area contributed by atoms with Crippen LogP contribution in [0.4, 0.5) is 5.69 Å². The van der Waals surface area contributed by atoms with Crippen molar-refractivity contribution in [1.29, 1.82) is 5.41 Å². The van der Waals surface area contributed by atoms with Crippen molar-refractivity contribution in [1.82, 2.24) is 4.90 Å². The van der Waals surface area contributed by atoms with Gasteiger partial charge < -0.3 is 15.5 Å². The number of benzene rings is 1. The lowest BCUT2D eigenvalue weighted by Crippen LogP contribution is -2.38. The van der Waals surface area contributed by atoms with Crippen molar-refractivity contribution in [2.75, 3.05) is 38.3 Å². The van der Waals surface area contributed by atoms with Crippen molar-refractivity contribution in [2.24, 2.45) is 5.73 Å². The molecule has 0 radical (unpaired) electrons. The second-order valence-corrected chi connectivity index (χ2v) is 6.37. The lowest BCUT2D eigenvalue weighted by molar-refractivity contribution is 0.372. The quantitative estimate of drug-likeness (QED) is 0.496. The zero-order chi connectivity index (χ0) is 14.7. The minimum absolute atomic E-state index is 0.167. The molecule has 1 heterocycles. The number of hydrogen-bond acceptors (Lipinski definition) is 4. The van der Waals surface area contributed by atoms with Crippen LogP contribution in [0, 0.1) is 5.41 Å². The fourth-order valence-corrected chi connectivity index (χ4v) is 3.60. The highest BCUT2D eigenvalue weighted by Gasteiger charge is 2.28. The maximum atomic E-state index is 7.92. The van der Waals surface area contributed by atoms with Crippen LogP contribution >= 0.6 is 11.8 Å². The van der Waals surface area contributed by atoms with Gasteiger partial charge in [0, 0.05) is 29.7 Å². The Morgan fingerprint density at radius 3 is 2.85 bits per heavy atom. The van der Waals surface area contributed by atoms with Crippen molar-refractivity contribution < 1.29 is 0 Å². The molecule has 5 heteroatoms. The van der Waals surface area contributed by atoms with Gasteiger partial charge in [0.2, 0.25) is 0 Å². The summed E-state index contributed by atoms with van der Waals surface area (Å²) in [4.78, 5) is 5.75. The molecular weight excluding hydrogens is 268 g/mol. The van der Waals surface area contributed by atoms with Crippen molar-refractivity contribution in [3.63, 3.8) is 0 Å². The minimum Gasteiger partial charge on any atom is -0.384 e. The van der Waals surface area contributed by atoms with Crippen LogP contribution in [0.2, 0.25) is 0 Å². The number of nitrogens with zero attached hydrogens (tertiary/aromatic N) is 2. The number of amidine groups is 1. The lowest BCUT2D eigenvalue weighted by Gasteiger charge is -2.31. The first-order chi connectivity index (χ1) is 9.54. The van der Waals surface area contributed by atoms with E-state index >= 15 is 0 Å². The molecule has 3 N–H and O–H groups in total. The molecule has 0 amide bonds. The Labute approximate surface area is 125 Å². The van der Waals surface area contributed by atoms with E-state index in [0.29, 0.717) is 6.04 Å². The van der Waals surface area contributed by atoms with E-state index in [-0.39, 0.29) is 5.84 Å². The lowest BCUT2D eigenvalue weighted by atomic mass is 10.1. The largest absolute Gasteiger partial charge is 0.384 e. The van der Waals surface area contributed by atoms with E-state index in [4.69, 9.17) is 11.1 Å². The SMILES string of the molecule is CSc1cccc(N2CCCC2CN(C)C)c1C(=N)N. The van der Waals surface area contributed by atoms with Gasteiger partial charge in [-0.15, -0.1) is 11.8 Å². The number of nitrogens with one attached hydrogen (secondary N) is 1. The highest BCUT2D eigenvalue weighted by Crippen LogP contribution is 2.33. The molecule has 1 aliphatic heterocycles. The molecule has 110 valence electrons. The molecular formula is C15H24N4S. The van der Waals surface area contributed by atoms with Gasteiger partial charge in [0.1, 0.15) is 5.84 Å². The van der Waals surface area contributed by atoms with Gasteiger partial charge in [0.25, 0.3) is 0 Å².